The zero-order chi connectivity index (χ0) is 13.1. The van der Waals surface area contributed by atoms with Crippen molar-refractivity contribution in [2.75, 3.05) is 12.4 Å². The molecule has 2 rings (SSSR count). The third-order valence-corrected chi connectivity index (χ3v) is 3.12. The predicted molar refractivity (Wildman–Crippen MR) is 76.2 cm³/mol. The second kappa shape index (κ2) is 5.05. The van der Waals surface area contributed by atoms with E-state index >= 15 is 0 Å². The second-order valence-electron chi connectivity index (χ2n) is 4.41. The van der Waals surface area contributed by atoms with Gasteiger partial charge in [-0.2, -0.15) is 0 Å². The Bertz CT molecular complexity index is 570. The molecule has 0 unspecified atom stereocenters. The average molecular weight is 239 g/mol. The zero-order valence-corrected chi connectivity index (χ0v) is 10.9. The first-order valence-electron chi connectivity index (χ1n) is 6.01. The van der Waals surface area contributed by atoms with Gasteiger partial charge in [-0.25, -0.2) is 0 Å². The lowest BCUT2D eigenvalue weighted by Gasteiger charge is -2.08. The van der Waals surface area contributed by atoms with Crippen molar-refractivity contribution >= 4 is 11.5 Å². The topological polar surface area (TPSA) is 29.1 Å². The van der Waals surface area contributed by atoms with Crippen LogP contribution in [0.3, 0.4) is 0 Å². The van der Waals surface area contributed by atoms with Crippen molar-refractivity contribution in [2.45, 2.75) is 13.8 Å². The number of anilines is 1. The molecule has 0 amide bonds. The fraction of sp³-hybridized carbons (Fsp3) is 0.188. The number of hydrogen-bond donors (Lipinski definition) is 1. The van der Waals surface area contributed by atoms with Crippen LogP contribution in [0.25, 0.3) is 11.1 Å². The van der Waals surface area contributed by atoms with Gasteiger partial charge in [0.2, 0.25) is 0 Å². The monoisotopic (exact) mass is 239 g/mol. The standard InChI is InChI=1S/C16H17NO/c1-11-10-15(8-9-16(11)17-3)14-6-4-13(5-7-14)12(2)18/h4-10,17H,1-3H3. The van der Waals surface area contributed by atoms with Gasteiger partial charge in [-0.3, -0.25) is 4.79 Å². The maximum Gasteiger partial charge on any atom is 0.159 e. The first-order chi connectivity index (χ1) is 8.61. The van der Waals surface area contributed by atoms with Crippen molar-refractivity contribution in [3.05, 3.63) is 53.6 Å². The molecule has 0 aliphatic carbocycles. The van der Waals surface area contributed by atoms with E-state index in [0.717, 1.165) is 16.8 Å². The molecule has 2 nitrogen and oxygen atoms in total. The highest BCUT2D eigenvalue weighted by atomic mass is 16.1. The van der Waals surface area contributed by atoms with Gasteiger partial charge in [0.15, 0.2) is 5.78 Å². The number of Topliss-reactive ketones (excluding diaryl/α,β-unsaturated/α-hetero) is 1. The SMILES string of the molecule is CNc1ccc(-c2ccc(C(C)=O)cc2)cc1C. The second-order valence-corrected chi connectivity index (χ2v) is 4.41. The Morgan fingerprint density at radius 2 is 1.61 bits per heavy atom. The van der Waals surface area contributed by atoms with Crippen LogP contribution in [0, 0.1) is 6.92 Å². The highest BCUT2D eigenvalue weighted by Gasteiger charge is 2.03. The van der Waals surface area contributed by atoms with Gasteiger partial charge in [0.05, 0.1) is 0 Å². The van der Waals surface area contributed by atoms with Gasteiger partial charge in [-0.05, 0) is 42.7 Å². The molecule has 2 aromatic rings. The van der Waals surface area contributed by atoms with E-state index in [1.165, 1.54) is 11.1 Å². The summed E-state index contributed by atoms with van der Waals surface area (Å²) in [5.74, 6) is 0.100. The molecule has 0 aromatic heterocycles. The van der Waals surface area contributed by atoms with Crippen molar-refractivity contribution in [3.63, 3.8) is 0 Å². The Morgan fingerprint density at radius 3 is 2.11 bits per heavy atom. The van der Waals surface area contributed by atoms with E-state index in [-0.39, 0.29) is 5.78 Å². The van der Waals surface area contributed by atoms with Crippen LogP contribution in [-0.2, 0) is 0 Å². The van der Waals surface area contributed by atoms with E-state index in [2.05, 4.69) is 30.4 Å². The first kappa shape index (κ1) is 12.4. The molecule has 0 saturated carbocycles. The summed E-state index contributed by atoms with van der Waals surface area (Å²) in [6, 6.07) is 14.0. The van der Waals surface area contributed by atoms with Crippen LogP contribution in [0.4, 0.5) is 5.69 Å². The zero-order valence-electron chi connectivity index (χ0n) is 10.9. The Labute approximate surface area is 108 Å². The van der Waals surface area contributed by atoms with Crippen LogP contribution in [0.5, 0.6) is 0 Å². The number of rotatable bonds is 3. The minimum atomic E-state index is 0.100. The summed E-state index contributed by atoms with van der Waals surface area (Å²) in [6.45, 7) is 3.67. The van der Waals surface area contributed by atoms with Gasteiger partial charge in [-0.15, -0.1) is 0 Å². The highest BCUT2D eigenvalue weighted by molar-refractivity contribution is 5.94. The van der Waals surface area contributed by atoms with Gasteiger partial charge in [-0.1, -0.05) is 30.3 Å². The summed E-state index contributed by atoms with van der Waals surface area (Å²) < 4.78 is 0. The summed E-state index contributed by atoms with van der Waals surface area (Å²) in [6.07, 6.45) is 0. The highest BCUT2D eigenvalue weighted by Crippen LogP contribution is 2.24. The average Bonchev–Trinajstić information content (AvgIpc) is 2.38. The quantitative estimate of drug-likeness (QED) is 0.823. The summed E-state index contributed by atoms with van der Waals surface area (Å²) in [5, 5.41) is 3.15. The first-order valence-corrected chi connectivity index (χ1v) is 6.01. The maximum atomic E-state index is 11.2. The van der Waals surface area contributed by atoms with Crippen molar-refractivity contribution in [2.24, 2.45) is 0 Å². The minimum Gasteiger partial charge on any atom is -0.388 e. The molecule has 0 heterocycles. The Hall–Kier alpha value is -2.09. The number of benzene rings is 2. The summed E-state index contributed by atoms with van der Waals surface area (Å²) in [7, 11) is 1.92. The lowest BCUT2D eigenvalue weighted by Crippen LogP contribution is -1.93. The molecule has 1 N–H and O–H groups in total. The van der Waals surface area contributed by atoms with Crippen molar-refractivity contribution in [1.82, 2.24) is 0 Å². The van der Waals surface area contributed by atoms with E-state index in [1.807, 2.05) is 31.3 Å². The molecule has 0 aliphatic rings. The third-order valence-electron chi connectivity index (χ3n) is 3.12. The molecule has 18 heavy (non-hydrogen) atoms. The number of carbonyl (C=O) groups excluding carboxylic acids is 1. The van der Waals surface area contributed by atoms with Crippen LogP contribution < -0.4 is 5.32 Å². The van der Waals surface area contributed by atoms with Crippen molar-refractivity contribution in [1.29, 1.82) is 0 Å². The van der Waals surface area contributed by atoms with Crippen LogP contribution in [0.2, 0.25) is 0 Å². The van der Waals surface area contributed by atoms with Crippen LogP contribution in [0.15, 0.2) is 42.5 Å². The Morgan fingerprint density at radius 1 is 1.00 bits per heavy atom. The number of carbonyl (C=O) groups is 1. The lowest BCUT2D eigenvalue weighted by atomic mass is 10.0. The molecule has 0 aliphatic heterocycles. The van der Waals surface area contributed by atoms with Gasteiger partial charge in [0, 0.05) is 18.3 Å². The molecule has 2 aromatic carbocycles. The number of hydrogen-bond acceptors (Lipinski definition) is 2. The van der Waals surface area contributed by atoms with Gasteiger partial charge >= 0.3 is 0 Å². The molecule has 0 spiro atoms. The van der Waals surface area contributed by atoms with E-state index < -0.39 is 0 Å². The molecule has 0 radical (unpaired) electrons. The molecular formula is C16H17NO. The summed E-state index contributed by atoms with van der Waals surface area (Å²) in [4.78, 5) is 11.2. The number of ketones is 1. The van der Waals surface area contributed by atoms with E-state index in [0.29, 0.717) is 0 Å². The van der Waals surface area contributed by atoms with Crippen LogP contribution in [0.1, 0.15) is 22.8 Å². The van der Waals surface area contributed by atoms with E-state index in [9.17, 15) is 4.79 Å². The normalized spacial score (nSPS) is 10.2. The molecule has 0 atom stereocenters. The van der Waals surface area contributed by atoms with Gasteiger partial charge in [0.1, 0.15) is 0 Å². The van der Waals surface area contributed by atoms with Crippen LogP contribution in [-0.4, -0.2) is 12.8 Å². The molecule has 92 valence electrons. The Kier molecular flexibility index (Phi) is 3.47. The number of aryl methyl sites for hydroxylation is 1. The lowest BCUT2D eigenvalue weighted by molar-refractivity contribution is 0.101. The molecule has 0 fully saturated rings. The molecular weight excluding hydrogens is 222 g/mol. The summed E-state index contributed by atoms with van der Waals surface area (Å²) >= 11 is 0. The van der Waals surface area contributed by atoms with E-state index in [1.54, 1.807) is 6.92 Å². The Balaban J connectivity index is 2.36. The molecule has 0 saturated heterocycles. The van der Waals surface area contributed by atoms with Crippen molar-refractivity contribution in [3.8, 4) is 11.1 Å². The van der Waals surface area contributed by atoms with Gasteiger partial charge < -0.3 is 5.32 Å². The van der Waals surface area contributed by atoms with Crippen LogP contribution >= 0.6 is 0 Å². The van der Waals surface area contributed by atoms with Gasteiger partial charge in [0.25, 0.3) is 0 Å². The number of nitrogens with one attached hydrogen (secondary N) is 1. The predicted octanol–water partition coefficient (Wildman–Crippen LogP) is 3.91. The fourth-order valence-corrected chi connectivity index (χ4v) is 2.02. The largest absolute Gasteiger partial charge is 0.388 e. The van der Waals surface area contributed by atoms with E-state index in [4.69, 9.17) is 0 Å². The smallest absolute Gasteiger partial charge is 0.159 e. The third kappa shape index (κ3) is 2.43. The maximum absolute atomic E-state index is 11.2. The molecule has 2 heteroatoms. The summed E-state index contributed by atoms with van der Waals surface area (Å²) in [5.41, 5.74) is 5.40. The molecule has 0 bridgehead atoms. The minimum absolute atomic E-state index is 0.100. The van der Waals surface area contributed by atoms with Crippen molar-refractivity contribution < 1.29 is 4.79 Å². The fourth-order valence-electron chi connectivity index (χ4n) is 2.02.